The molecule has 0 saturated carbocycles. The highest BCUT2D eigenvalue weighted by Gasteiger charge is 2.12. The summed E-state index contributed by atoms with van der Waals surface area (Å²) < 4.78 is 12.7. The van der Waals surface area contributed by atoms with Crippen molar-refractivity contribution in [3.63, 3.8) is 0 Å². The summed E-state index contributed by atoms with van der Waals surface area (Å²) in [7, 11) is 0. The fraction of sp³-hybridized carbons (Fsp3) is 0. The number of hydrogen-bond donors (Lipinski definition) is 1. The largest absolute Gasteiger partial charge is 0.239 e. The normalized spacial score (nSPS) is 10.6. The summed E-state index contributed by atoms with van der Waals surface area (Å²) in [6.07, 6.45) is 3.28. The maximum atomic E-state index is 12.7. The summed E-state index contributed by atoms with van der Waals surface area (Å²) >= 11 is 4.31. The summed E-state index contributed by atoms with van der Waals surface area (Å²) in [4.78, 5) is 8.12. The maximum absolute atomic E-state index is 12.7. The Balaban J connectivity index is 2.29. The third kappa shape index (κ3) is 2.33. The van der Waals surface area contributed by atoms with Crippen LogP contribution < -0.4 is 0 Å². The third-order valence-electron chi connectivity index (χ3n) is 1.90. The lowest BCUT2D eigenvalue weighted by Gasteiger charge is -2.07. The van der Waals surface area contributed by atoms with Crippen molar-refractivity contribution >= 4 is 12.6 Å². The second-order valence-corrected chi connectivity index (χ2v) is 3.38. The highest BCUT2D eigenvalue weighted by molar-refractivity contribution is 7.84. The van der Waals surface area contributed by atoms with E-state index in [1.807, 2.05) is 0 Å². The highest BCUT2D eigenvalue weighted by Crippen LogP contribution is 2.23. The molecule has 1 radical (unpaired) electrons. The Labute approximate surface area is 92.6 Å². The second kappa shape index (κ2) is 4.40. The van der Waals surface area contributed by atoms with E-state index in [4.69, 9.17) is 0 Å². The van der Waals surface area contributed by atoms with Gasteiger partial charge in [-0.2, -0.15) is 12.6 Å². The molecule has 2 rings (SSSR count). The number of benzene rings is 1. The standard InChI is InChI=1S/C11H8FN2S/c12-9-4-2-8(3-5-9)10(15)11-13-6-1-7-14-11/h1-7,15H. The van der Waals surface area contributed by atoms with Gasteiger partial charge in [-0.15, -0.1) is 0 Å². The van der Waals surface area contributed by atoms with Crippen LogP contribution in [0.5, 0.6) is 0 Å². The van der Waals surface area contributed by atoms with E-state index in [0.29, 0.717) is 11.1 Å². The van der Waals surface area contributed by atoms with E-state index >= 15 is 0 Å². The first-order valence-electron chi connectivity index (χ1n) is 4.36. The monoisotopic (exact) mass is 219 g/mol. The summed E-state index contributed by atoms with van der Waals surface area (Å²) in [5, 5.41) is 0.635. The number of nitrogens with zero attached hydrogens (tertiary/aromatic N) is 2. The van der Waals surface area contributed by atoms with Gasteiger partial charge in [-0.3, -0.25) is 0 Å². The third-order valence-corrected chi connectivity index (χ3v) is 2.35. The molecule has 1 aromatic carbocycles. The van der Waals surface area contributed by atoms with Crippen molar-refractivity contribution in [3.8, 4) is 0 Å². The summed E-state index contributed by atoms with van der Waals surface area (Å²) in [6, 6.07) is 7.79. The molecular formula is C11H8FN2S. The molecule has 0 bridgehead atoms. The first kappa shape index (κ1) is 10.1. The molecule has 4 heteroatoms. The number of aromatic nitrogens is 2. The minimum Gasteiger partial charge on any atom is -0.239 e. The lowest BCUT2D eigenvalue weighted by atomic mass is 10.1. The minimum absolute atomic E-state index is 0.270. The van der Waals surface area contributed by atoms with Crippen molar-refractivity contribution in [1.29, 1.82) is 0 Å². The Hall–Kier alpha value is -1.42. The van der Waals surface area contributed by atoms with Crippen molar-refractivity contribution in [3.05, 3.63) is 65.2 Å². The molecule has 0 N–H and O–H groups in total. The molecule has 0 aliphatic rings. The Morgan fingerprint density at radius 3 is 2.27 bits per heavy atom. The molecule has 15 heavy (non-hydrogen) atoms. The van der Waals surface area contributed by atoms with Gasteiger partial charge < -0.3 is 0 Å². The lowest BCUT2D eigenvalue weighted by molar-refractivity contribution is 0.627. The lowest BCUT2D eigenvalue weighted by Crippen LogP contribution is -2.00. The van der Waals surface area contributed by atoms with Crippen LogP contribution in [0.2, 0.25) is 0 Å². The molecule has 0 aliphatic carbocycles. The highest BCUT2D eigenvalue weighted by atomic mass is 32.1. The molecular weight excluding hydrogens is 211 g/mol. The van der Waals surface area contributed by atoms with E-state index in [9.17, 15) is 4.39 Å². The number of thiol groups is 1. The van der Waals surface area contributed by atoms with E-state index in [1.54, 1.807) is 30.6 Å². The Morgan fingerprint density at radius 2 is 1.67 bits per heavy atom. The van der Waals surface area contributed by atoms with E-state index in [2.05, 4.69) is 22.6 Å². The van der Waals surface area contributed by atoms with E-state index in [-0.39, 0.29) is 5.82 Å². The fourth-order valence-electron chi connectivity index (χ4n) is 1.16. The first-order valence-corrected chi connectivity index (χ1v) is 4.81. The number of rotatable bonds is 2. The molecule has 1 aromatic heterocycles. The van der Waals surface area contributed by atoms with Crippen LogP contribution >= 0.6 is 12.6 Å². The van der Waals surface area contributed by atoms with Crippen LogP contribution in [0.1, 0.15) is 11.4 Å². The fourth-order valence-corrected chi connectivity index (χ4v) is 1.42. The van der Waals surface area contributed by atoms with Gasteiger partial charge in [0.15, 0.2) is 5.82 Å². The van der Waals surface area contributed by atoms with E-state index in [0.717, 1.165) is 5.56 Å². The van der Waals surface area contributed by atoms with Crippen LogP contribution in [0.4, 0.5) is 4.39 Å². The van der Waals surface area contributed by atoms with Gasteiger partial charge in [0.2, 0.25) is 0 Å². The molecule has 1 heterocycles. The van der Waals surface area contributed by atoms with Crippen LogP contribution in [-0.4, -0.2) is 9.97 Å². The van der Waals surface area contributed by atoms with Gasteiger partial charge in [-0.1, -0.05) is 12.1 Å². The molecule has 2 nitrogen and oxygen atoms in total. The smallest absolute Gasteiger partial charge is 0.150 e. The Morgan fingerprint density at radius 1 is 1.07 bits per heavy atom. The van der Waals surface area contributed by atoms with E-state index in [1.165, 1.54) is 12.1 Å². The van der Waals surface area contributed by atoms with Crippen LogP contribution in [0.3, 0.4) is 0 Å². The minimum atomic E-state index is -0.270. The van der Waals surface area contributed by atoms with Crippen molar-refractivity contribution in [1.82, 2.24) is 9.97 Å². The average Bonchev–Trinajstić information content (AvgIpc) is 2.30. The van der Waals surface area contributed by atoms with Crippen LogP contribution in [0.25, 0.3) is 0 Å². The quantitative estimate of drug-likeness (QED) is 0.785. The zero-order valence-corrected chi connectivity index (χ0v) is 8.66. The average molecular weight is 219 g/mol. The molecule has 0 unspecified atom stereocenters. The van der Waals surface area contributed by atoms with Gasteiger partial charge in [-0.05, 0) is 23.8 Å². The zero-order chi connectivity index (χ0) is 10.7. The predicted octanol–water partition coefficient (Wildman–Crippen LogP) is 2.47. The number of hydrogen-bond acceptors (Lipinski definition) is 3. The first-order chi connectivity index (χ1) is 7.27. The van der Waals surface area contributed by atoms with Crippen LogP contribution in [0.15, 0.2) is 42.7 Å². The van der Waals surface area contributed by atoms with Gasteiger partial charge in [-0.25, -0.2) is 14.4 Å². The maximum Gasteiger partial charge on any atom is 0.150 e. The van der Waals surface area contributed by atoms with Gasteiger partial charge in [0.1, 0.15) is 11.1 Å². The Kier molecular flexibility index (Phi) is 2.97. The van der Waals surface area contributed by atoms with Crippen LogP contribution in [0, 0.1) is 11.1 Å². The topological polar surface area (TPSA) is 25.8 Å². The Bertz CT molecular complexity index is 430. The SMILES string of the molecule is Fc1ccc([C](S)c2ncccn2)cc1. The number of halogens is 1. The van der Waals surface area contributed by atoms with Crippen molar-refractivity contribution in [2.45, 2.75) is 0 Å². The van der Waals surface area contributed by atoms with Crippen molar-refractivity contribution in [2.24, 2.45) is 0 Å². The van der Waals surface area contributed by atoms with Gasteiger partial charge >= 0.3 is 0 Å². The summed E-state index contributed by atoms with van der Waals surface area (Å²) in [6.45, 7) is 0. The molecule has 0 amide bonds. The molecule has 0 spiro atoms. The van der Waals surface area contributed by atoms with E-state index < -0.39 is 0 Å². The molecule has 0 atom stereocenters. The van der Waals surface area contributed by atoms with Gasteiger partial charge in [0, 0.05) is 12.4 Å². The van der Waals surface area contributed by atoms with Gasteiger partial charge in [0.05, 0.1) is 0 Å². The molecule has 2 aromatic rings. The molecule has 75 valence electrons. The molecule has 0 saturated heterocycles. The molecule has 0 fully saturated rings. The van der Waals surface area contributed by atoms with Crippen molar-refractivity contribution in [2.75, 3.05) is 0 Å². The molecule has 0 aliphatic heterocycles. The van der Waals surface area contributed by atoms with Crippen molar-refractivity contribution < 1.29 is 4.39 Å². The second-order valence-electron chi connectivity index (χ2n) is 2.93. The summed E-state index contributed by atoms with van der Waals surface area (Å²) in [5.74, 6) is 0.265. The van der Waals surface area contributed by atoms with Crippen LogP contribution in [-0.2, 0) is 0 Å². The predicted molar refractivity (Wildman–Crippen MR) is 58.9 cm³/mol. The van der Waals surface area contributed by atoms with Gasteiger partial charge in [0.25, 0.3) is 0 Å². The zero-order valence-electron chi connectivity index (χ0n) is 7.76. The summed E-state index contributed by atoms with van der Waals surface area (Å²) in [5.41, 5.74) is 0.797.